The van der Waals surface area contributed by atoms with Crippen LogP contribution in [0.1, 0.15) is 16.7 Å². The first-order chi connectivity index (χ1) is 7.69. The van der Waals surface area contributed by atoms with E-state index in [2.05, 4.69) is 5.10 Å². The maximum Gasteiger partial charge on any atom is 0.127 e. The molecule has 0 bridgehead atoms. The number of aromatic nitrogens is 2. The first kappa shape index (κ1) is 10.8. The molecule has 0 aliphatic heterocycles. The van der Waals surface area contributed by atoms with Crippen LogP contribution in [0.5, 0.6) is 0 Å². The smallest absolute Gasteiger partial charge is 0.127 e. The second kappa shape index (κ2) is 4.45. The second-order valence-electron chi connectivity index (χ2n) is 3.85. The van der Waals surface area contributed by atoms with Crippen molar-refractivity contribution >= 4 is 0 Å². The van der Waals surface area contributed by atoms with Crippen LogP contribution in [0.4, 0.5) is 4.39 Å². The number of rotatable bonds is 3. The monoisotopic (exact) mass is 219 g/mol. The van der Waals surface area contributed by atoms with Crippen LogP contribution >= 0.6 is 0 Å². The molecule has 0 fully saturated rings. The molecule has 2 N–H and O–H groups in total. The van der Waals surface area contributed by atoms with Crippen molar-refractivity contribution in [2.75, 3.05) is 0 Å². The molecule has 2 aromatic rings. The minimum atomic E-state index is -0.247. The second-order valence-corrected chi connectivity index (χ2v) is 3.85. The molecule has 1 aromatic carbocycles. The van der Waals surface area contributed by atoms with E-state index in [1.165, 1.54) is 6.07 Å². The third kappa shape index (κ3) is 2.28. The van der Waals surface area contributed by atoms with Crippen molar-refractivity contribution in [2.45, 2.75) is 20.0 Å². The van der Waals surface area contributed by atoms with E-state index in [4.69, 9.17) is 5.73 Å². The van der Waals surface area contributed by atoms with Gasteiger partial charge in [-0.3, -0.25) is 4.68 Å². The molecule has 0 saturated carbocycles. The summed E-state index contributed by atoms with van der Waals surface area (Å²) < 4.78 is 15.0. The number of nitrogens with zero attached hydrogens (tertiary/aromatic N) is 2. The van der Waals surface area contributed by atoms with E-state index < -0.39 is 0 Å². The Bertz CT molecular complexity index is 491. The topological polar surface area (TPSA) is 43.8 Å². The lowest BCUT2D eigenvalue weighted by molar-refractivity contribution is 0.607. The molecule has 0 spiro atoms. The zero-order valence-electron chi connectivity index (χ0n) is 9.15. The Kier molecular flexibility index (Phi) is 3.01. The lowest BCUT2D eigenvalue weighted by Crippen LogP contribution is -2.04. The molecule has 4 heteroatoms. The third-order valence-electron chi connectivity index (χ3n) is 2.44. The van der Waals surface area contributed by atoms with Crippen molar-refractivity contribution in [1.82, 2.24) is 9.78 Å². The Hall–Kier alpha value is -1.68. The maximum atomic E-state index is 13.2. The van der Waals surface area contributed by atoms with E-state index in [9.17, 15) is 4.39 Å². The Balaban J connectivity index is 2.21. The number of halogens is 1. The van der Waals surface area contributed by atoms with Crippen LogP contribution in [0.2, 0.25) is 0 Å². The zero-order valence-corrected chi connectivity index (χ0v) is 9.15. The molecule has 1 heterocycles. The third-order valence-corrected chi connectivity index (χ3v) is 2.44. The molecule has 0 radical (unpaired) electrons. The molecular formula is C12H14FN3. The van der Waals surface area contributed by atoms with Crippen LogP contribution < -0.4 is 5.73 Å². The van der Waals surface area contributed by atoms with Crippen molar-refractivity contribution in [1.29, 1.82) is 0 Å². The fourth-order valence-corrected chi connectivity index (χ4v) is 1.62. The van der Waals surface area contributed by atoms with Gasteiger partial charge in [-0.1, -0.05) is 6.07 Å². The summed E-state index contributed by atoms with van der Waals surface area (Å²) in [5.74, 6) is -0.247. The lowest BCUT2D eigenvalue weighted by atomic mass is 10.1. The van der Waals surface area contributed by atoms with E-state index in [1.54, 1.807) is 18.3 Å². The summed E-state index contributed by atoms with van der Waals surface area (Å²) in [7, 11) is 0. The predicted octanol–water partition coefficient (Wildman–Crippen LogP) is 1.84. The van der Waals surface area contributed by atoms with E-state index in [0.717, 1.165) is 11.1 Å². The summed E-state index contributed by atoms with van der Waals surface area (Å²) in [6.45, 7) is 2.85. The van der Waals surface area contributed by atoms with Crippen LogP contribution in [0.3, 0.4) is 0 Å². The van der Waals surface area contributed by atoms with Gasteiger partial charge in [0.15, 0.2) is 0 Å². The Labute approximate surface area is 93.7 Å². The van der Waals surface area contributed by atoms with E-state index in [1.807, 2.05) is 17.8 Å². The standard InChI is InChI=1S/C12H14FN3/c1-9-6-15-16(7-9)8-10-2-3-12(13)11(4-10)5-14/h2-4,6-7H,5,8,14H2,1H3. The van der Waals surface area contributed by atoms with Gasteiger partial charge in [0.05, 0.1) is 12.7 Å². The average Bonchev–Trinajstić information content (AvgIpc) is 2.67. The summed E-state index contributed by atoms with van der Waals surface area (Å²) in [6, 6.07) is 4.99. The number of benzene rings is 1. The van der Waals surface area contributed by atoms with Crippen LogP contribution in [-0.4, -0.2) is 9.78 Å². The average molecular weight is 219 g/mol. The fraction of sp³-hybridized carbons (Fsp3) is 0.250. The molecule has 0 aliphatic carbocycles. The van der Waals surface area contributed by atoms with Gasteiger partial charge < -0.3 is 5.73 Å². The van der Waals surface area contributed by atoms with Gasteiger partial charge in [0.1, 0.15) is 5.82 Å². The molecule has 0 unspecified atom stereocenters. The molecule has 0 saturated heterocycles. The Morgan fingerprint density at radius 1 is 1.44 bits per heavy atom. The van der Waals surface area contributed by atoms with E-state index in [0.29, 0.717) is 12.1 Å². The molecular weight excluding hydrogens is 205 g/mol. The summed E-state index contributed by atoms with van der Waals surface area (Å²) in [4.78, 5) is 0. The van der Waals surface area contributed by atoms with Crippen molar-refractivity contribution in [2.24, 2.45) is 5.73 Å². The first-order valence-corrected chi connectivity index (χ1v) is 5.15. The van der Waals surface area contributed by atoms with Gasteiger partial charge in [0, 0.05) is 18.3 Å². The minimum Gasteiger partial charge on any atom is -0.326 e. The van der Waals surface area contributed by atoms with Gasteiger partial charge in [-0.2, -0.15) is 5.10 Å². The fourth-order valence-electron chi connectivity index (χ4n) is 1.62. The molecule has 0 aliphatic rings. The Morgan fingerprint density at radius 3 is 2.88 bits per heavy atom. The molecule has 3 nitrogen and oxygen atoms in total. The van der Waals surface area contributed by atoms with Crippen LogP contribution in [-0.2, 0) is 13.1 Å². The highest BCUT2D eigenvalue weighted by atomic mass is 19.1. The van der Waals surface area contributed by atoms with Crippen LogP contribution in [0.15, 0.2) is 30.6 Å². The van der Waals surface area contributed by atoms with Gasteiger partial charge in [-0.25, -0.2) is 4.39 Å². The summed E-state index contributed by atoms with van der Waals surface area (Å²) >= 11 is 0. The van der Waals surface area contributed by atoms with Gasteiger partial charge in [0.25, 0.3) is 0 Å². The van der Waals surface area contributed by atoms with Crippen LogP contribution in [0, 0.1) is 12.7 Å². The van der Waals surface area contributed by atoms with Crippen molar-refractivity contribution in [3.63, 3.8) is 0 Å². The number of hydrogen-bond acceptors (Lipinski definition) is 2. The highest BCUT2D eigenvalue weighted by Gasteiger charge is 2.03. The first-order valence-electron chi connectivity index (χ1n) is 5.15. The molecule has 16 heavy (non-hydrogen) atoms. The van der Waals surface area contributed by atoms with Crippen molar-refractivity contribution in [3.8, 4) is 0 Å². The summed E-state index contributed by atoms with van der Waals surface area (Å²) in [5, 5.41) is 4.18. The van der Waals surface area contributed by atoms with Gasteiger partial charge >= 0.3 is 0 Å². The molecule has 0 amide bonds. The normalized spacial score (nSPS) is 10.7. The number of aryl methyl sites for hydroxylation is 1. The summed E-state index contributed by atoms with van der Waals surface area (Å²) in [5.41, 5.74) is 8.11. The SMILES string of the molecule is Cc1cnn(Cc2ccc(F)c(CN)c2)c1. The number of hydrogen-bond donors (Lipinski definition) is 1. The molecule has 2 rings (SSSR count). The highest BCUT2D eigenvalue weighted by molar-refractivity contribution is 5.25. The predicted molar refractivity (Wildman–Crippen MR) is 60.4 cm³/mol. The van der Waals surface area contributed by atoms with Gasteiger partial charge in [0.2, 0.25) is 0 Å². The highest BCUT2D eigenvalue weighted by Crippen LogP contribution is 2.11. The molecule has 84 valence electrons. The maximum absolute atomic E-state index is 13.2. The molecule has 0 atom stereocenters. The van der Waals surface area contributed by atoms with Gasteiger partial charge in [-0.05, 0) is 30.2 Å². The minimum absolute atomic E-state index is 0.220. The Morgan fingerprint density at radius 2 is 2.25 bits per heavy atom. The van der Waals surface area contributed by atoms with E-state index in [-0.39, 0.29) is 12.4 Å². The lowest BCUT2D eigenvalue weighted by Gasteiger charge is -2.05. The quantitative estimate of drug-likeness (QED) is 0.856. The molecule has 1 aromatic heterocycles. The van der Waals surface area contributed by atoms with Crippen molar-refractivity contribution < 1.29 is 4.39 Å². The largest absolute Gasteiger partial charge is 0.326 e. The van der Waals surface area contributed by atoms with Crippen LogP contribution in [0.25, 0.3) is 0 Å². The van der Waals surface area contributed by atoms with E-state index >= 15 is 0 Å². The van der Waals surface area contributed by atoms with Gasteiger partial charge in [-0.15, -0.1) is 0 Å². The number of nitrogens with two attached hydrogens (primary N) is 1. The zero-order chi connectivity index (χ0) is 11.5. The van der Waals surface area contributed by atoms with Crippen molar-refractivity contribution in [3.05, 3.63) is 53.1 Å². The summed E-state index contributed by atoms with van der Waals surface area (Å²) in [6.07, 6.45) is 3.75.